The molecule has 0 radical (unpaired) electrons. The lowest BCUT2D eigenvalue weighted by molar-refractivity contribution is -0.380. The monoisotopic (exact) mass is 222 g/mol. The van der Waals surface area contributed by atoms with Gasteiger partial charge < -0.3 is 5.73 Å². The summed E-state index contributed by atoms with van der Waals surface area (Å²) in [5, 5.41) is 12.2. The highest BCUT2D eigenvalue weighted by molar-refractivity contribution is 7.13. The van der Waals surface area contributed by atoms with Crippen molar-refractivity contribution in [2.24, 2.45) is 5.73 Å². The van der Waals surface area contributed by atoms with Crippen LogP contribution in [0.25, 0.3) is 0 Å². The van der Waals surface area contributed by atoms with Crippen LogP contribution >= 0.6 is 23.7 Å². The highest BCUT2D eigenvalue weighted by Crippen LogP contribution is 2.26. The quantitative estimate of drug-likeness (QED) is 0.631. The Morgan fingerprint density at radius 2 is 2.38 bits per heavy atom. The lowest BCUT2D eigenvalue weighted by Gasteiger charge is -2.02. The van der Waals surface area contributed by atoms with Gasteiger partial charge in [0.15, 0.2) is 0 Å². The summed E-state index contributed by atoms with van der Waals surface area (Å²) in [7, 11) is 0. The zero-order valence-corrected chi connectivity index (χ0v) is 8.73. The van der Waals surface area contributed by atoms with E-state index in [0.29, 0.717) is 0 Å². The van der Waals surface area contributed by atoms with E-state index in [0.717, 1.165) is 23.3 Å². The van der Waals surface area contributed by atoms with E-state index in [9.17, 15) is 10.1 Å². The summed E-state index contributed by atoms with van der Waals surface area (Å²) in [6.45, 7) is 1.95. The van der Waals surface area contributed by atoms with Crippen molar-refractivity contribution in [1.82, 2.24) is 0 Å². The highest BCUT2D eigenvalue weighted by atomic mass is 35.5. The van der Waals surface area contributed by atoms with E-state index in [1.807, 2.05) is 6.92 Å². The summed E-state index contributed by atoms with van der Waals surface area (Å²) in [5.74, 6) is 0. The van der Waals surface area contributed by atoms with Crippen LogP contribution in [0.1, 0.15) is 24.9 Å². The van der Waals surface area contributed by atoms with Crippen LogP contribution in [0.15, 0.2) is 11.4 Å². The first-order chi connectivity index (χ1) is 5.65. The summed E-state index contributed by atoms with van der Waals surface area (Å²) in [6, 6.07) is 1.47. The van der Waals surface area contributed by atoms with Gasteiger partial charge in [-0.25, -0.2) is 0 Å². The maximum atomic E-state index is 10.3. The van der Waals surface area contributed by atoms with E-state index in [2.05, 4.69) is 0 Å². The molecule has 6 heteroatoms. The number of rotatable bonds is 3. The lowest BCUT2D eigenvalue weighted by Crippen LogP contribution is -2.06. The van der Waals surface area contributed by atoms with Crippen molar-refractivity contribution in [2.45, 2.75) is 19.4 Å². The molecule has 74 valence electrons. The number of hydrogen-bond donors (Lipinski definition) is 1. The Bertz CT molecular complexity index is 290. The molecule has 0 bridgehead atoms. The molecule has 0 spiro atoms. The molecule has 0 aliphatic heterocycles. The maximum Gasteiger partial charge on any atom is 0.324 e. The summed E-state index contributed by atoms with van der Waals surface area (Å²) in [4.78, 5) is 9.91. The lowest BCUT2D eigenvalue weighted by atomic mass is 10.1. The van der Waals surface area contributed by atoms with Gasteiger partial charge in [-0.05, 0) is 12.0 Å². The fourth-order valence-electron chi connectivity index (χ4n) is 0.865. The molecule has 1 rings (SSSR count). The maximum absolute atomic E-state index is 10.3. The molecular formula is C7H11ClN2O2S. The van der Waals surface area contributed by atoms with Crippen molar-refractivity contribution < 1.29 is 4.92 Å². The van der Waals surface area contributed by atoms with Crippen molar-refractivity contribution in [1.29, 1.82) is 0 Å². The third-order valence-corrected chi connectivity index (χ3v) is 2.55. The van der Waals surface area contributed by atoms with Gasteiger partial charge in [0.05, 0.1) is 4.92 Å². The molecule has 1 heterocycles. The standard InChI is InChI=1S/C7H10N2O2S.ClH/c1-2-6(8)5-3-7(9(10)11)12-4-5;/h3-4,6H,2,8H2,1H3;1H/t6-;/m0./s1. The normalized spacial score (nSPS) is 11.8. The fraction of sp³-hybridized carbons (Fsp3) is 0.429. The van der Waals surface area contributed by atoms with Crippen LogP contribution in [-0.2, 0) is 0 Å². The first-order valence-corrected chi connectivity index (χ1v) is 4.51. The summed E-state index contributed by atoms with van der Waals surface area (Å²) in [6.07, 6.45) is 0.799. The minimum atomic E-state index is -0.392. The van der Waals surface area contributed by atoms with Gasteiger partial charge in [-0.15, -0.1) is 12.4 Å². The number of nitro groups is 1. The van der Waals surface area contributed by atoms with Gasteiger partial charge in [0.2, 0.25) is 0 Å². The van der Waals surface area contributed by atoms with Crippen LogP contribution in [0.2, 0.25) is 0 Å². The molecule has 0 aliphatic rings. The van der Waals surface area contributed by atoms with Gasteiger partial charge in [0, 0.05) is 17.5 Å². The average molecular weight is 223 g/mol. The Hall–Kier alpha value is -0.650. The second-order valence-electron chi connectivity index (χ2n) is 2.49. The SMILES string of the molecule is CC[C@H](N)c1csc([N+](=O)[O-])c1.Cl. The molecule has 0 fully saturated rings. The van der Waals surface area contributed by atoms with Gasteiger partial charge in [-0.3, -0.25) is 10.1 Å². The van der Waals surface area contributed by atoms with Crippen molar-refractivity contribution in [2.75, 3.05) is 0 Å². The third kappa shape index (κ3) is 2.95. The van der Waals surface area contributed by atoms with E-state index in [-0.39, 0.29) is 23.4 Å². The van der Waals surface area contributed by atoms with E-state index in [4.69, 9.17) is 5.73 Å². The summed E-state index contributed by atoms with van der Waals surface area (Å²) < 4.78 is 0. The zero-order chi connectivity index (χ0) is 9.14. The molecule has 2 N–H and O–H groups in total. The van der Waals surface area contributed by atoms with Crippen LogP contribution in [0.5, 0.6) is 0 Å². The molecule has 1 atom stereocenters. The Kier molecular flexibility index (Phi) is 4.90. The molecule has 13 heavy (non-hydrogen) atoms. The minimum Gasteiger partial charge on any atom is -0.324 e. The third-order valence-electron chi connectivity index (χ3n) is 1.65. The largest absolute Gasteiger partial charge is 0.324 e. The van der Waals surface area contributed by atoms with Crippen LogP contribution in [0.4, 0.5) is 5.00 Å². The van der Waals surface area contributed by atoms with E-state index < -0.39 is 4.92 Å². The van der Waals surface area contributed by atoms with Gasteiger partial charge in [0.25, 0.3) is 0 Å². The predicted molar refractivity (Wildman–Crippen MR) is 55.4 cm³/mol. The number of halogens is 1. The van der Waals surface area contributed by atoms with Crippen LogP contribution < -0.4 is 5.73 Å². The second-order valence-corrected chi connectivity index (χ2v) is 3.38. The second kappa shape index (κ2) is 5.16. The van der Waals surface area contributed by atoms with Crippen molar-refractivity contribution in [3.05, 3.63) is 27.1 Å². The van der Waals surface area contributed by atoms with E-state index in [1.165, 1.54) is 0 Å². The Balaban J connectivity index is 0.00000144. The van der Waals surface area contributed by atoms with Gasteiger partial charge in [-0.2, -0.15) is 0 Å². The number of nitrogens with zero attached hydrogens (tertiary/aromatic N) is 1. The van der Waals surface area contributed by atoms with Gasteiger partial charge in [-0.1, -0.05) is 18.3 Å². The Morgan fingerprint density at radius 3 is 2.77 bits per heavy atom. The summed E-state index contributed by atoms with van der Waals surface area (Å²) in [5.41, 5.74) is 6.55. The first kappa shape index (κ1) is 12.3. The van der Waals surface area contributed by atoms with Gasteiger partial charge >= 0.3 is 5.00 Å². The molecular weight excluding hydrogens is 212 g/mol. The molecule has 0 saturated heterocycles. The van der Waals surface area contributed by atoms with Crippen LogP contribution in [0.3, 0.4) is 0 Å². The van der Waals surface area contributed by atoms with Gasteiger partial charge in [0.1, 0.15) is 0 Å². The van der Waals surface area contributed by atoms with E-state index >= 15 is 0 Å². The molecule has 0 saturated carbocycles. The van der Waals surface area contributed by atoms with Crippen LogP contribution in [0, 0.1) is 10.1 Å². The average Bonchev–Trinajstić information content (AvgIpc) is 2.51. The molecule has 1 aromatic rings. The molecule has 0 unspecified atom stereocenters. The molecule has 0 amide bonds. The van der Waals surface area contributed by atoms with Crippen molar-refractivity contribution >= 4 is 28.7 Å². The first-order valence-electron chi connectivity index (χ1n) is 3.63. The number of hydrogen-bond acceptors (Lipinski definition) is 4. The highest BCUT2D eigenvalue weighted by Gasteiger charge is 2.12. The van der Waals surface area contributed by atoms with E-state index in [1.54, 1.807) is 11.4 Å². The Labute approximate surface area is 86.3 Å². The molecule has 1 aromatic heterocycles. The van der Waals surface area contributed by atoms with Crippen molar-refractivity contribution in [3.63, 3.8) is 0 Å². The minimum absolute atomic E-state index is 0. The number of nitrogens with two attached hydrogens (primary N) is 1. The Morgan fingerprint density at radius 1 is 1.77 bits per heavy atom. The molecule has 0 aromatic carbocycles. The number of thiophene rings is 1. The topological polar surface area (TPSA) is 69.2 Å². The zero-order valence-electron chi connectivity index (χ0n) is 7.10. The summed E-state index contributed by atoms with van der Waals surface area (Å²) >= 11 is 1.12. The molecule has 4 nitrogen and oxygen atoms in total. The smallest absolute Gasteiger partial charge is 0.324 e. The predicted octanol–water partition coefficient (Wildman–Crippen LogP) is 2.49. The van der Waals surface area contributed by atoms with Crippen molar-refractivity contribution in [3.8, 4) is 0 Å². The molecule has 0 aliphatic carbocycles. The van der Waals surface area contributed by atoms with Crippen LogP contribution in [-0.4, -0.2) is 4.92 Å². The fourth-order valence-corrected chi connectivity index (χ4v) is 1.65.